The van der Waals surface area contributed by atoms with Gasteiger partial charge in [0.05, 0.1) is 0 Å². The van der Waals surface area contributed by atoms with Crippen molar-refractivity contribution in [1.29, 1.82) is 0 Å². The molecule has 0 saturated heterocycles. The molecule has 1 amide bonds. The molecule has 96 valence electrons. The SMILES string of the molecule is O=C(NO)C1Cc2ccccc2N1c1ccccc1. The molecule has 0 spiro atoms. The van der Waals surface area contributed by atoms with Crippen LogP contribution in [0.3, 0.4) is 0 Å². The zero-order valence-electron chi connectivity index (χ0n) is 10.3. The lowest BCUT2D eigenvalue weighted by Crippen LogP contribution is -2.42. The molecule has 0 bridgehead atoms. The topological polar surface area (TPSA) is 52.6 Å². The highest BCUT2D eigenvalue weighted by Crippen LogP contribution is 2.37. The predicted molar refractivity (Wildman–Crippen MR) is 72.4 cm³/mol. The Morgan fingerprint density at radius 3 is 2.53 bits per heavy atom. The number of benzene rings is 2. The van der Waals surface area contributed by atoms with Gasteiger partial charge in [-0.2, -0.15) is 0 Å². The van der Waals surface area contributed by atoms with Gasteiger partial charge in [-0.3, -0.25) is 10.0 Å². The second-order valence-electron chi connectivity index (χ2n) is 4.53. The number of hydrogen-bond donors (Lipinski definition) is 2. The molecule has 0 saturated carbocycles. The Morgan fingerprint density at radius 1 is 1.11 bits per heavy atom. The van der Waals surface area contributed by atoms with Gasteiger partial charge in [0.15, 0.2) is 0 Å². The van der Waals surface area contributed by atoms with E-state index in [0.29, 0.717) is 6.42 Å². The fourth-order valence-electron chi connectivity index (χ4n) is 2.58. The van der Waals surface area contributed by atoms with Crippen molar-refractivity contribution < 1.29 is 10.0 Å². The molecule has 1 aliphatic heterocycles. The number of nitrogens with one attached hydrogen (secondary N) is 1. The van der Waals surface area contributed by atoms with Gasteiger partial charge < -0.3 is 4.90 Å². The summed E-state index contributed by atoms with van der Waals surface area (Å²) < 4.78 is 0. The van der Waals surface area contributed by atoms with Crippen LogP contribution in [-0.2, 0) is 11.2 Å². The highest BCUT2D eigenvalue weighted by Gasteiger charge is 2.34. The smallest absolute Gasteiger partial charge is 0.266 e. The minimum absolute atomic E-state index is 0.389. The molecule has 2 N–H and O–H groups in total. The standard InChI is InChI=1S/C15H14N2O2/c18-15(16-19)14-10-11-6-4-5-9-13(11)17(14)12-7-2-1-3-8-12/h1-9,14,19H,10H2,(H,16,18). The van der Waals surface area contributed by atoms with Crippen molar-refractivity contribution in [3.8, 4) is 0 Å². The van der Waals surface area contributed by atoms with Gasteiger partial charge in [0, 0.05) is 17.8 Å². The Morgan fingerprint density at radius 2 is 1.79 bits per heavy atom. The Labute approximate surface area is 111 Å². The molecule has 0 fully saturated rings. The summed E-state index contributed by atoms with van der Waals surface area (Å²) in [6.45, 7) is 0. The van der Waals surface area contributed by atoms with Crippen molar-refractivity contribution in [2.75, 3.05) is 4.90 Å². The number of amides is 1. The number of fused-ring (bicyclic) bond motifs is 1. The van der Waals surface area contributed by atoms with Crippen LogP contribution >= 0.6 is 0 Å². The summed E-state index contributed by atoms with van der Waals surface area (Å²) in [7, 11) is 0. The van der Waals surface area contributed by atoms with Crippen LogP contribution in [0.25, 0.3) is 0 Å². The molecular weight excluding hydrogens is 240 g/mol. The molecule has 1 atom stereocenters. The Hall–Kier alpha value is -2.33. The van der Waals surface area contributed by atoms with E-state index in [1.807, 2.05) is 59.5 Å². The zero-order chi connectivity index (χ0) is 13.2. The van der Waals surface area contributed by atoms with Gasteiger partial charge in [-0.25, -0.2) is 5.48 Å². The highest BCUT2D eigenvalue weighted by molar-refractivity contribution is 5.90. The molecule has 2 aromatic rings. The second-order valence-corrected chi connectivity index (χ2v) is 4.53. The maximum absolute atomic E-state index is 11.9. The van der Waals surface area contributed by atoms with Gasteiger partial charge in [-0.15, -0.1) is 0 Å². The van der Waals surface area contributed by atoms with Crippen molar-refractivity contribution in [3.63, 3.8) is 0 Å². The number of anilines is 2. The molecule has 19 heavy (non-hydrogen) atoms. The number of hydrogen-bond acceptors (Lipinski definition) is 3. The van der Waals surface area contributed by atoms with Crippen LogP contribution in [0.4, 0.5) is 11.4 Å². The van der Waals surface area contributed by atoms with Gasteiger partial charge >= 0.3 is 0 Å². The third kappa shape index (κ3) is 1.96. The lowest BCUT2D eigenvalue weighted by molar-refractivity contribution is -0.130. The first kappa shape index (κ1) is 11.7. The molecule has 4 nitrogen and oxygen atoms in total. The maximum Gasteiger partial charge on any atom is 0.266 e. The Balaban J connectivity index is 2.08. The van der Waals surface area contributed by atoms with E-state index in [0.717, 1.165) is 16.9 Å². The number of para-hydroxylation sites is 2. The van der Waals surface area contributed by atoms with E-state index in [1.54, 1.807) is 5.48 Å². The number of rotatable bonds is 2. The third-order valence-electron chi connectivity index (χ3n) is 3.42. The quantitative estimate of drug-likeness (QED) is 0.638. The van der Waals surface area contributed by atoms with Crippen molar-refractivity contribution >= 4 is 17.3 Å². The lowest BCUT2D eigenvalue weighted by atomic mass is 10.1. The summed E-state index contributed by atoms with van der Waals surface area (Å²) in [5.74, 6) is -0.389. The van der Waals surface area contributed by atoms with Crippen LogP contribution in [-0.4, -0.2) is 17.2 Å². The summed E-state index contributed by atoms with van der Waals surface area (Å²) in [5, 5.41) is 8.91. The molecule has 0 radical (unpaired) electrons. The summed E-state index contributed by atoms with van der Waals surface area (Å²) in [4.78, 5) is 13.8. The molecule has 2 aromatic carbocycles. The van der Waals surface area contributed by atoms with Crippen molar-refractivity contribution in [1.82, 2.24) is 5.48 Å². The monoisotopic (exact) mass is 254 g/mol. The molecule has 0 aromatic heterocycles. The minimum atomic E-state index is -0.412. The van der Waals surface area contributed by atoms with E-state index in [4.69, 9.17) is 5.21 Å². The van der Waals surface area contributed by atoms with E-state index < -0.39 is 6.04 Å². The molecular formula is C15H14N2O2. The first-order chi connectivity index (χ1) is 9.31. The number of nitrogens with zero attached hydrogens (tertiary/aromatic N) is 1. The number of hydroxylamine groups is 1. The molecule has 1 aliphatic rings. The minimum Gasteiger partial charge on any atom is -0.328 e. The fraction of sp³-hybridized carbons (Fsp3) is 0.133. The lowest BCUT2D eigenvalue weighted by Gasteiger charge is -2.26. The zero-order valence-corrected chi connectivity index (χ0v) is 10.3. The summed E-state index contributed by atoms with van der Waals surface area (Å²) in [6.07, 6.45) is 0.595. The van der Waals surface area contributed by atoms with Crippen molar-refractivity contribution in [2.45, 2.75) is 12.5 Å². The summed E-state index contributed by atoms with van der Waals surface area (Å²) in [5.41, 5.74) is 4.83. The van der Waals surface area contributed by atoms with Crippen LogP contribution in [0.5, 0.6) is 0 Å². The van der Waals surface area contributed by atoms with Gasteiger partial charge in [-0.1, -0.05) is 36.4 Å². The Kier molecular flexibility index (Phi) is 2.93. The summed E-state index contributed by atoms with van der Waals surface area (Å²) >= 11 is 0. The van der Waals surface area contributed by atoms with Gasteiger partial charge in [0.2, 0.25) is 0 Å². The van der Waals surface area contributed by atoms with Gasteiger partial charge in [-0.05, 0) is 23.8 Å². The first-order valence-electron chi connectivity index (χ1n) is 6.17. The van der Waals surface area contributed by atoms with Gasteiger partial charge in [0.1, 0.15) is 6.04 Å². The summed E-state index contributed by atoms with van der Waals surface area (Å²) in [6, 6.07) is 17.2. The van der Waals surface area contributed by atoms with Crippen LogP contribution in [0.15, 0.2) is 54.6 Å². The molecule has 4 heteroatoms. The van der Waals surface area contributed by atoms with Crippen LogP contribution in [0, 0.1) is 0 Å². The predicted octanol–water partition coefficient (Wildman–Crippen LogP) is 2.25. The van der Waals surface area contributed by atoms with E-state index >= 15 is 0 Å². The molecule has 1 unspecified atom stereocenters. The first-order valence-corrected chi connectivity index (χ1v) is 6.17. The van der Waals surface area contributed by atoms with E-state index in [2.05, 4.69) is 0 Å². The average molecular weight is 254 g/mol. The second kappa shape index (κ2) is 4.74. The Bertz CT molecular complexity index is 598. The van der Waals surface area contributed by atoms with Crippen LogP contribution < -0.4 is 10.4 Å². The molecule has 1 heterocycles. The molecule has 0 aliphatic carbocycles. The van der Waals surface area contributed by atoms with E-state index in [9.17, 15) is 4.79 Å². The number of carbonyl (C=O) groups excluding carboxylic acids is 1. The van der Waals surface area contributed by atoms with Crippen LogP contribution in [0.2, 0.25) is 0 Å². The van der Waals surface area contributed by atoms with Crippen LogP contribution in [0.1, 0.15) is 5.56 Å². The largest absolute Gasteiger partial charge is 0.328 e. The highest BCUT2D eigenvalue weighted by atomic mass is 16.5. The van der Waals surface area contributed by atoms with Crippen molar-refractivity contribution in [2.24, 2.45) is 0 Å². The van der Waals surface area contributed by atoms with Gasteiger partial charge in [0.25, 0.3) is 5.91 Å². The normalized spacial score (nSPS) is 17.1. The fourth-order valence-corrected chi connectivity index (χ4v) is 2.58. The van der Waals surface area contributed by atoms with E-state index in [-0.39, 0.29) is 5.91 Å². The average Bonchev–Trinajstić information content (AvgIpc) is 2.86. The van der Waals surface area contributed by atoms with Crippen molar-refractivity contribution in [3.05, 3.63) is 60.2 Å². The van der Waals surface area contributed by atoms with E-state index in [1.165, 1.54) is 0 Å². The third-order valence-corrected chi connectivity index (χ3v) is 3.42. The molecule has 3 rings (SSSR count). The number of carbonyl (C=O) groups is 1. The maximum atomic E-state index is 11.9.